The molecule has 0 saturated heterocycles. The number of carboxylic acid groups (broad SMARTS) is 1. The van der Waals surface area contributed by atoms with Crippen LogP contribution in [0.25, 0.3) is 5.65 Å². The van der Waals surface area contributed by atoms with E-state index in [2.05, 4.69) is 10.3 Å². The number of imidazole rings is 1. The van der Waals surface area contributed by atoms with E-state index in [0.717, 1.165) is 16.7 Å². The number of amides is 1. The Morgan fingerprint density at radius 3 is 2.46 bits per heavy atom. The quantitative estimate of drug-likeness (QED) is 0.681. The highest BCUT2D eigenvalue weighted by atomic mass is 35.5. The average molecular weight is 412 g/mol. The molecule has 0 spiro atoms. The first-order chi connectivity index (χ1) is 13.1. The molecule has 6 nitrogen and oxygen atoms in total. The summed E-state index contributed by atoms with van der Waals surface area (Å²) in [6.07, 6.45) is -3.85. The number of hydrogen-bond donors (Lipinski definition) is 2. The normalized spacial score (nSPS) is 11.6. The molecule has 1 aromatic carbocycles. The monoisotopic (exact) mass is 411 g/mol. The van der Waals surface area contributed by atoms with Crippen LogP contribution in [0.15, 0.2) is 36.5 Å². The summed E-state index contributed by atoms with van der Waals surface area (Å²) in [5.41, 5.74) is -0.0743. The van der Waals surface area contributed by atoms with Crippen LogP contribution in [0, 0.1) is 6.92 Å². The largest absolute Gasteiger partial charge is 0.478 e. The predicted molar refractivity (Wildman–Crippen MR) is 94.5 cm³/mol. The zero-order valence-corrected chi connectivity index (χ0v) is 15.1. The van der Waals surface area contributed by atoms with E-state index in [0.29, 0.717) is 5.56 Å². The highest BCUT2D eigenvalue weighted by Gasteiger charge is 2.32. The summed E-state index contributed by atoms with van der Waals surface area (Å²) in [4.78, 5) is 27.5. The molecule has 1 amide bonds. The number of rotatable bonds is 4. The van der Waals surface area contributed by atoms with Crippen LogP contribution in [0.1, 0.15) is 37.7 Å². The smallest absolute Gasteiger partial charge is 0.417 e. The van der Waals surface area contributed by atoms with Crippen molar-refractivity contribution in [2.45, 2.75) is 19.6 Å². The number of hydrogen-bond acceptors (Lipinski definition) is 3. The van der Waals surface area contributed by atoms with Gasteiger partial charge in [0.15, 0.2) is 5.65 Å². The minimum absolute atomic E-state index is 0.0446. The number of fused-ring (bicyclic) bond motifs is 1. The SMILES string of the molecule is Cc1nc2c(Cl)cc(C(F)(F)F)cn2c1C(=O)NCc1ccc(C(=O)O)cc1. The van der Waals surface area contributed by atoms with E-state index in [1.54, 1.807) is 0 Å². The molecular formula is C18H13ClF3N3O3. The van der Waals surface area contributed by atoms with Crippen LogP contribution in [-0.2, 0) is 12.7 Å². The van der Waals surface area contributed by atoms with Gasteiger partial charge in [-0.05, 0) is 30.7 Å². The Kier molecular flexibility index (Phi) is 5.03. The standard InChI is InChI=1S/C18H13ClF3N3O3/c1-9-14(16(26)23-7-10-2-4-11(5-3-10)17(27)28)25-8-12(18(20,21)22)6-13(19)15(25)24-9/h2-6,8H,7H2,1H3,(H,23,26)(H,27,28). The highest BCUT2D eigenvalue weighted by Crippen LogP contribution is 2.33. The molecule has 0 unspecified atom stereocenters. The number of carboxylic acids is 1. The second-order valence-corrected chi connectivity index (χ2v) is 6.41. The summed E-state index contributed by atoms with van der Waals surface area (Å²) in [7, 11) is 0. The topological polar surface area (TPSA) is 83.7 Å². The maximum Gasteiger partial charge on any atom is 0.417 e. The number of benzene rings is 1. The third-order valence-electron chi connectivity index (χ3n) is 4.05. The molecule has 3 rings (SSSR count). The van der Waals surface area contributed by atoms with E-state index in [-0.39, 0.29) is 34.2 Å². The van der Waals surface area contributed by atoms with Crippen molar-refractivity contribution in [2.75, 3.05) is 0 Å². The fourth-order valence-electron chi connectivity index (χ4n) is 2.68. The minimum atomic E-state index is -4.63. The van der Waals surface area contributed by atoms with Crippen LogP contribution in [-0.4, -0.2) is 26.4 Å². The van der Waals surface area contributed by atoms with Crippen LogP contribution in [0.2, 0.25) is 5.02 Å². The third kappa shape index (κ3) is 3.79. The predicted octanol–water partition coefficient (Wildman–Crippen LogP) is 3.94. The van der Waals surface area contributed by atoms with Crippen molar-refractivity contribution >= 4 is 29.1 Å². The van der Waals surface area contributed by atoms with Gasteiger partial charge in [0, 0.05) is 12.7 Å². The molecule has 0 bridgehead atoms. The Morgan fingerprint density at radius 1 is 1.25 bits per heavy atom. The zero-order chi connectivity index (χ0) is 20.6. The molecule has 0 fully saturated rings. The summed E-state index contributed by atoms with van der Waals surface area (Å²) in [6, 6.07) is 6.60. The van der Waals surface area contributed by atoms with Gasteiger partial charge in [0.1, 0.15) is 5.69 Å². The van der Waals surface area contributed by atoms with Gasteiger partial charge in [-0.25, -0.2) is 9.78 Å². The van der Waals surface area contributed by atoms with Crippen LogP contribution >= 0.6 is 11.6 Å². The number of alkyl halides is 3. The Bertz CT molecular complexity index is 1080. The number of pyridine rings is 1. The molecule has 0 aliphatic rings. The third-order valence-corrected chi connectivity index (χ3v) is 4.32. The molecule has 146 valence electrons. The van der Waals surface area contributed by atoms with Gasteiger partial charge < -0.3 is 10.4 Å². The summed E-state index contributed by atoms with van der Waals surface area (Å²) < 4.78 is 40.2. The van der Waals surface area contributed by atoms with E-state index >= 15 is 0 Å². The van der Waals surface area contributed by atoms with Gasteiger partial charge in [-0.1, -0.05) is 23.7 Å². The molecule has 0 saturated carbocycles. The summed E-state index contributed by atoms with van der Waals surface area (Å²) >= 11 is 5.91. The molecule has 10 heteroatoms. The van der Waals surface area contributed by atoms with Crippen molar-refractivity contribution < 1.29 is 27.9 Å². The van der Waals surface area contributed by atoms with Crippen LogP contribution < -0.4 is 5.32 Å². The van der Waals surface area contributed by atoms with Crippen molar-refractivity contribution in [1.82, 2.24) is 14.7 Å². The van der Waals surface area contributed by atoms with Gasteiger partial charge in [-0.2, -0.15) is 13.2 Å². The van der Waals surface area contributed by atoms with Crippen molar-refractivity contribution in [3.05, 3.63) is 69.6 Å². The van der Waals surface area contributed by atoms with Crippen molar-refractivity contribution in [3.63, 3.8) is 0 Å². The lowest BCUT2D eigenvalue weighted by Gasteiger charge is -2.10. The molecule has 0 aliphatic carbocycles. The zero-order valence-electron chi connectivity index (χ0n) is 14.3. The molecule has 2 aromatic heterocycles. The first kappa shape index (κ1) is 19.7. The van der Waals surface area contributed by atoms with E-state index in [4.69, 9.17) is 16.7 Å². The number of aryl methyl sites for hydroxylation is 1. The number of nitrogens with one attached hydrogen (secondary N) is 1. The van der Waals surface area contributed by atoms with Crippen molar-refractivity contribution in [2.24, 2.45) is 0 Å². The molecule has 3 aromatic rings. The minimum Gasteiger partial charge on any atom is -0.478 e. The lowest BCUT2D eigenvalue weighted by molar-refractivity contribution is -0.137. The molecule has 2 N–H and O–H groups in total. The van der Waals surface area contributed by atoms with Crippen LogP contribution in [0.4, 0.5) is 13.2 Å². The number of aromatic nitrogens is 2. The number of nitrogens with zero attached hydrogens (tertiary/aromatic N) is 2. The number of carbonyl (C=O) groups is 2. The first-order valence-electron chi connectivity index (χ1n) is 7.93. The molecule has 28 heavy (non-hydrogen) atoms. The molecule has 0 radical (unpaired) electrons. The van der Waals surface area contributed by atoms with E-state index in [1.165, 1.54) is 31.2 Å². The molecule has 0 atom stereocenters. The Labute approximate surface area is 161 Å². The van der Waals surface area contributed by atoms with Gasteiger partial charge in [-0.3, -0.25) is 9.20 Å². The van der Waals surface area contributed by atoms with E-state index in [1.807, 2.05) is 0 Å². The van der Waals surface area contributed by atoms with Crippen molar-refractivity contribution in [3.8, 4) is 0 Å². The number of carbonyl (C=O) groups excluding carboxylic acids is 1. The van der Waals surface area contributed by atoms with Crippen LogP contribution in [0.5, 0.6) is 0 Å². The van der Waals surface area contributed by atoms with E-state index in [9.17, 15) is 22.8 Å². The van der Waals surface area contributed by atoms with Gasteiger partial charge in [-0.15, -0.1) is 0 Å². The summed E-state index contributed by atoms with van der Waals surface area (Å²) in [5, 5.41) is 11.2. The second kappa shape index (κ2) is 7.16. The number of halogens is 4. The van der Waals surface area contributed by atoms with E-state index < -0.39 is 23.6 Å². The fourth-order valence-corrected chi connectivity index (χ4v) is 2.93. The van der Waals surface area contributed by atoms with Crippen molar-refractivity contribution in [1.29, 1.82) is 0 Å². The maximum atomic E-state index is 13.1. The van der Waals surface area contributed by atoms with Gasteiger partial charge in [0.25, 0.3) is 5.91 Å². The van der Waals surface area contributed by atoms with Gasteiger partial charge in [0.2, 0.25) is 0 Å². The molecule has 0 aliphatic heterocycles. The second-order valence-electron chi connectivity index (χ2n) is 6.00. The summed E-state index contributed by atoms with van der Waals surface area (Å²) in [6.45, 7) is 1.55. The lowest BCUT2D eigenvalue weighted by Crippen LogP contribution is -2.25. The maximum absolute atomic E-state index is 13.1. The highest BCUT2D eigenvalue weighted by molar-refractivity contribution is 6.33. The lowest BCUT2D eigenvalue weighted by atomic mass is 10.1. The summed E-state index contributed by atoms with van der Waals surface area (Å²) in [5.74, 6) is -1.71. The van der Waals surface area contributed by atoms with Gasteiger partial charge >= 0.3 is 12.1 Å². The fraction of sp³-hybridized carbons (Fsp3) is 0.167. The first-order valence-corrected chi connectivity index (χ1v) is 8.31. The molecule has 2 heterocycles. The number of aromatic carboxylic acids is 1. The Morgan fingerprint density at radius 2 is 1.89 bits per heavy atom. The average Bonchev–Trinajstić information content (AvgIpc) is 2.96. The Balaban J connectivity index is 1.89. The molecular weight excluding hydrogens is 399 g/mol. The Hall–Kier alpha value is -3.07. The van der Waals surface area contributed by atoms with Crippen LogP contribution in [0.3, 0.4) is 0 Å². The van der Waals surface area contributed by atoms with Gasteiger partial charge in [0.05, 0.1) is 21.8 Å².